The van der Waals surface area contributed by atoms with Gasteiger partial charge in [-0.05, 0) is 19.4 Å². The van der Waals surface area contributed by atoms with Crippen LogP contribution >= 0.6 is 10.6 Å². The summed E-state index contributed by atoms with van der Waals surface area (Å²) in [5, 5.41) is 2.97. The lowest BCUT2D eigenvalue weighted by atomic mass is 10.3. The number of rotatable bonds is 0. The molecule has 3 N–H and O–H groups in total. The molecule has 1 saturated heterocycles. The van der Waals surface area contributed by atoms with Gasteiger partial charge < -0.3 is 5.32 Å². The molecule has 1 aliphatic rings. The van der Waals surface area contributed by atoms with Crippen LogP contribution in [-0.4, -0.2) is 27.3 Å². The molecule has 4 heteroatoms. The fourth-order valence-corrected chi connectivity index (χ4v) is 2.17. The van der Waals surface area contributed by atoms with E-state index in [1.165, 1.54) is 0 Å². The Kier molecular flexibility index (Phi) is 2.35. The predicted octanol–water partition coefficient (Wildman–Crippen LogP) is 1.08. The van der Waals surface area contributed by atoms with Crippen molar-refractivity contribution in [2.24, 2.45) is 0 Å². The Morgan fingerprint density at radius 1 is 1.22 bits per heavy atom. The predicted molar refractivity (Wildman–Crippen MR) is 39.8 cm³/mol. The molecule has 0 amide bonds. The first-order valence-electron chi connectivity index (χ1n) is 3.15. The monoisotopic (exact) mass is 151 g/mol. The van der Waals surface area contributed by atoms with Gasteiger partial charge in [-0.2, -0.15) is 10.6 Å². The summed E-state index contributed by atoms with van der Waals surface area (Å²) >= 11 is 0. The maximum Gasteiger partial charge on any atom is 0.0866 e. The molecule has 1 heterocycles. The van der Waals surface area contributed by atoms with Gasteiger partial charge in [-0.25, -0.2) is 0 Å². The molecule has 1 fully saturated rings. The van der Waals surface area contributed by atoms with E-state index in [9.17, 15) is 0 Å². The highest BCUT2D eigenvalue weighted by molar-refractivity contribution is 8.24. The van der Waals surface area contributed by atoms with Crippen molar-refractivity contribution in [2.45, 2.75) is 12.8 Å². The van der Waals surface area contributed by atoms with Crippen molar-refractivity contribution in [1.29, 1.82) is 0 Å². The van der Waals surface area contributed by atoms with Gasteiger partial charge in [0.05, 0.1) is 5.88 Å². The fourth-order valence-electron chi connectivity index (χ4n) is 0.891. The molecule has 1 aliphatic heterocycles. The van der Waals surface area contributed by atoms with Crippen molar-refractivity contribution < 1.29 is 9.11 Å². The first-order chi connectivity index (χ1) is 4.21. The summed E-state index contributed by atoms with van der Waals surface area (Å²) in [6.07, 6.45) is 2.01. The molecular weight excluding hydrogens is 138 g/mol. The largest absolute Gasteiger partial charge is 0.300 e. The third kappa shape index (κ3) is 2.53. The summed E-state index contributed by atoms with van der Waals surface area (Å²) in [7, 11) is -2.23. The number of nitrogens with one attached hydrogen (secondary N) is 1. The van der Waals surface area contributed by atoms with E-state index in [0.29, 0.717) is 11.6 Å². The van der Waals surface area contributed by atoms with Gasteiger partial charge in [0.2, 0.25) is 0 Å². The van der Waals surface area contributed by atoms with Gasteiger partial charge in [0.1, 0.15) is 0 Å². The average Bonchev–Trinajstić information content (AvgIpc) is 1.92. The van der Waals surface area contributed by atoms with Crippen molar-refractivity contribution in [3.05, 3.63) is 0 Å². The summed E-state index contributed by atoms with van der Waals surface area (Å²) < 4.78 is 18.3. The van der Waals surface area contributed by atoms with Gasteiger partial charge in [-0.1, -0.05) is 0 Å². The first-order valence-corrected chi connectivity index (χ1v) is 5.03. The summed E-state index contributed by atoms with van der Waals surface area (Å²) in [6.45, 7) is 0.926. The molecule has 0 aliphatic carbocycles. The molecule has 3 nitrogen and oxygen atoms in total. The maximum atomic E-state index is 9.13. The van der Waals surface area contributed by atoms with Crippen LogP contribution in [0.15, 0.2) is 0 Å². The molecule has 0 bridgehead atoms. The van der Waals surface area contributed by atoms with E-state index in [1.54, 1.807) is 0 Å². The summed E-state index contributed by atoms with van der Waals surface area (Å²) in [6, 6.07) is 0. The second-order valence-corrected chi connectivity index (χ2v) is 4.66. The normalized spacial score (nSPS) is 30.9. The maximum absolute atomic E-state index is 9.13. The second-order valence-electron chi connectivity index (χ2n) is 2.36. The third-order valence-electron chi connectivity index (χ3n) is 1.41. The molecule has 0 aromatic rings. The minimum atomic E-state index is -2.23. The highest BCUT2D eigenvalue weighted by atomic mass is 32.3. The SMILES string of the molecule is OS1(O)CCCCNC1. The Morgan fingerprint density at radius 3 is 2.78 bits per heavy atom. The Labute approximate surface area is 56.8 Å². The van der Waals surface area contributed by atoms with Crippen LogP contribution in [0.2, 0.25) is 0 Å². The quantitative estimate of drug-likeness (QED) is 0.485. The van der Waals surface area contributed by atoms with Crippen molar-refractivity contribution in [1.82, 2.24) is 5.32 Å². The van der Waals surface area contributed by atoms with E-state index in [1.807, 2.05) is 0 Å². The van der Waals surface area contributed by atoms with Crippen LogP contribution in [0, 0.1) is 0 Å². The molecule has 0 atom stereocenters. The van der Waals surface area contributed by atoms with Crippen LogP contribution in [0.5, 0.6) is 0 Å². The van der Waals surface area contributed by atoms with E-state index in [0.717, 1.165) is 19.4 Å². The van der Waals surface area contributed by atoms with Crippen molar-refractivity contribution >= 4 is 10.6 Å². The van der Waals surface area contributed by atoms with Crippen molar-refractivity contribution in [2.75, 3.05) is 18.2 Å². The second kappa shape index (κ2) is 2.88. The summed E-state index contributed by atoms with van der Waals surface area (Å²) in [5.74, 6) is 0.979. The van der Waals surface area contributed by atoms with Gasteiger partial charge in [0.25, 0.3) is 0 Å². The van der Waals surface area contributed by atoms with Crippen LogP contribution < -0.4 is 5.32 Å². The van der Waals surface area contributed by atoms with E-state index < -0.39 is 10.6 Å². The molecule has 0 saturated carbocycles. The highest BCUT2D eigenvalue weighted by Crippen LogP contribution is 2.38. The zero-order chi connectivity index (χ0) is 6.74. The van der Waals surface area contributed by atoms with E-state index in [-0.39, 0.29) is 0 Å². The molecule has 0 aromatic carbocycles. The molecule has 1 rings (SSSR count). The van der Waals surface area contributed by atoms with Gasteiger partial charge >= 0.3 is 0 Å². The van der Waals surface area contributed by atoms with Crippen LogP contribution in [0.4, 0.5) is 0 Å². The standard InChI is InChI=1S/C5H13NO2S/c7-9(8)4-2-1-3-6-5-9/h6-8H,1-5H2. The van der Waals surface area contributed by atoms with Gasteiger partial charge in [-0.15, -0.1) is 0 Å². The smallest absolute Gasteiger partial charge is 0.0866 e. The lowest BCUT2D eigenvalue weighted by Crippen LogP contribution is -2.19. The van der Waals surface area contributed by atoms with Crippen LogP contribution in [0.1, 0.15) is 12.8 Å². The zero-order valence-electron chi connectivity index (χ0n) is 5.34. The first kappa shape index (κ1) is 7.34. The Balaban J connectivity index is 2.36. The van der Waals surface area contributed by atoms with Crippen LogP contribution in [0.25, 0.3) is 0 Å². The zero-order valence-corrected chi connectivity index (χ0v) is 6.15. The van der Waals surface area contributed by atoms with Crippen LogP contribution in [-0.2, 0) is 0 Å². The molecule has 9 heavy (non-hydrogen) atoms. The lowest BCUT2D eigenvalue weighted by Gasteiger charge is -2.29. The Morgan fingerprint density at radius 2 is 2.00 bits per heavy atom. The van der Waals surface area contributed by atoms with Gasteiger partial charge in [0.15, 0.2) is 0 Å². The molecule has 0 aromatic heterocycles. The summed E-state index contributed by atoms with van der Waals surface area (Å²) in [4.78, 5) is 0. The Bertz CT molecular complexity index is 87.0. The molecule has 56 valence electrons. The molecule has 0 spiro atoms. The van der Waals surface area contributed by atoms with E-state index >= 15 is 0 Å². The van der Waals surface area contributed by atoms with Gasteiger partial charge in [-0.3, -0.25) is 9.11 Å². The van der Waals surface area contributed by atoms with E-state index in [4.69, 9.17) is 9.11 Å². The number of hydrogen-bond acceptors (Lipinski definition) is 3. The number of hydrogen-bond donors (Lipinski definition) is 3. The fraction of sp³-hybridized carbons (Fsp3) is 1.00. The minimum Gasteiger partial charge on any atom is -0.300 e. The van der Waals surface area contributed by atoms with E-state index in [2.05, 4.69) is 5.32 Å². The topological polar surface area (TPSA) is 52.5 Å². The Hall–Kier alpha value is 0.230. The lowest BCUT2D eigenvalue weighted by molar-refractivity contribution is 0.484. The minimum absolute atomic E-state index is 0.396. The van der Waals surface area contributed by atoms with Crippen molar-refractivity contribution in [3.63, 3.8) is 0 Å². The highest BCUT2D eigenvalue weighted by Gasteiger charge is 2.13. The van der Waals surface area contributed by atoms with Crippen LogP contribution in [0.3, 0.4) is 0 Å². The molecular formula is C5H13NO2S. The summed E-state index contributed by atoms with van der Waals surface area (Å²) in [5.41, 5.74) is 0. The third-order valence-corrected chi connectivity index (χ3v) is 3.02. The van der Waals surface area contributed by atoms with Crippen molar-refractivity contribution in [3.8, 4) is 0 Å². The van der Waals surface area contributed by atoms with Gasteiger partial charge in [0, 0.05) is 5.75 Å². The molecule has 0 radical (unpaired) electrons. The average molecular weight is 151 g/mol. The molecule has 0 unspecified atom stereocenters.